The molecule has 4 rings (SSSR count). The molecule has 1 fully saturated rings. The highest BCUT2D eigenvalue weighted by Crippen LogP contribution is 2.24. The zero-order valence-corrected chi connectivity index (χ0v) is 21.2. The van der Waals surface area contributed by atoms with Gasteiger partial charge < -0.3 is 30.2 Å². The Balaban J connectivity index is 0.000000336. The minimum Gasteiger partial charge on any atom is -0.503 e. The number of benzene rings is 2. The average molecular weight is 531 g/mol. The van der Waals surface area contributed by atoms with E-state index < -0.39 is 29.4 Å². The normalized spacial score (nSPS) is 17.7. The molecule has 0 bridgehead atoms. The van der Waals surface area contributed by atoms with Gasteiger partial charge in [0.1, 0.15) is 24.0 Å². The highest BCUT2D eigenvalue weighted by atomic mass is 19.1. The second-order valence-electron chi connectivity index (χ2n) is 8.76. The van der Waals surface area contributed by atoms with Crippen LogP contribution >= 0.6 is 0 Å². The van der Waals surface area contributed by atoms with Crippen molar-refractivity contribution in [3.63, 3.8) is 0 Å². The molecule has 204 valence electrons. The number of rotatable bonds is 9. The average Bonchev–Trinajstić information content (AvgIpc) is 3.18. The van der Waals surface area contributed by atoms with Gasteiger partial charge in [-0.2, -0.15) is 0 Å². The molecule has 3 N–H and O–H groups in total. The van der Waals surface area contributed by atoms with E-state index in [1.54, 1.807) is 12.1 Å². The molecule has 38 heavy (non-hydrogen) atoms. The summed E-state index contributed by atoms with van der Waals surface area (Å²) in [6.07, 6.45) is 0.479. The summed E-state index contributed by atoms with van der Waals surface area (Å²) in [5, 5.41) is 15.7. The molecule has 1 saturated heterocycles. The molecular weight excluding hydrogens is 498 g/mol. The first-order valence-electron chi connectivity index (χ1n) is 12.2. The molecule has 0 radical (unpaired) electrons. The molecule has 2 aromatic rings. The topological polar surface area (TPSA) is 111 Å². The third-order valence-electron chi connectivity index (χ3n) is 6.14. The Morgan fingerprint density at radius 2 is 1.55 bits per heavy atom. The van der Waals surface area contributed by atoms with Crippen LogP contribution in [0.15, 0.2) is 59.9 Å². The second kappa shape index (κ2) is 14.3. The summed E-state index contributed by atoms with van der Waals surface area (Å²) in [6.45, 7) is 4.23. The van der Waals surface area contributed by atoms with E-state index in [4.69, 9.17) is 4.74 Å². The number of halogens is 2. The van der Waals surface area contributed by atoms with E-state index in [2.05, 4.69) is 15.5 Å². The zero-order chi connectivity index (χ0) is 27.5. The maximum Gasteiger partial charge on any atom is 0.290 e. The van der Waals surface area contributed by atoms with Crippen LogP contribution in [0.25, 0.3) is 0 Å². The number of aldehydes is 1. The quantitative estimate of drug-likeness (QED) is 0.422. The Hall–Kier alpha value is -3.67. The van der Waals surface area contributed by atoms with Crippen LogP contribution in [0.1, 0.15) is 11.1 Å². The Morgan fingerprint density at radius 3 is 2.08 bits per heavy atom. The van der Waals surface area contributed by atoms with Crippen LogP contribution in [-0.2, 0) is 32.2 Å². The molecule has 2 aliphatic heterocycles. The van der Waals surface area contributed by atoms with Crippen LogP contribution < -0.4 is 10.6 Å². The molecule has 2 aromatic carbocycles. The molecule has 11 heteroatoms. The summed E-state index contributed by atoms with van der Waals surface area (Å²) in [7, 11) is 1.86. The summed E-state index contributed by atoms with van der Waals surface area (Å²) in [6, 6.07) is 10.9. The van der Waals surface area contributed by atoms with Gasteiger partial charge in [0.05, 0.1) is 18.8 Å². The van der Waals surface area contributed by atoms with E-state index >= 15 is 0 Å². The van der Waals surface area contributed by atoms with Gasteiger partial charge in [-0.25, -0.2) is 8.78 Å². The lowest BCUT2D eigenvalue weighted by atomic mass is 10.1. The second-order valence-corrected chi connectivity index (χ2v) is 8.76. The maximum atomic E-state index is 13.0. The Morgan fingerprint density at radius 1 is 1.00 bits per heavy atom. The number of carbonyl (C=O) groups excluding carboxylic acids is 3. The smallest absolute Gasteiger partial charge is 0.290 e. The number of nitrogens with one attached hydrogen (secondary N) is 2. The third kappa shape index (κ3) is 7.91. The van der Waals surface area contributed by atoms with E-state index in [-0.39, 0.29) is 24.5 Å². The van der Waals surface area contributed by atoms with Gasteiger partial charge in [-0.1, -0.05) is 24.3 Å². The van der Waals surface area contributed by atoms with Gasteiger partial charge in [-0.15, -0.1) is 0 Å². The number of aliphatic hydroxyl groups is 1. The lowest BCUT2D eigenvalue weighted by Crippen LogP contribution is -2.46. The van der Waals surface area contributed by atoms with E-state index in [0.717, 1.165) is 25.2 Å². The molecule has 0 spiro atoms. The first-order valence-corrected chi connectivity index (χ1v) is 12.2. The number of aliphatic hydroxyl groups excluding tert-OH is 1. The number of amides is 2. The number of morpholine rings is 1. The maximum absolute atomic E-state index is 13.0. The molecule has 0 aliphatic carbocycles. The predicted molar refractivity (Wildman–Crippen MR) is 136 cm³/mol. The summed E-state index contributed by atoms with van der Waals surface area (Å²) in [4.78, 5) is 39.7. The molecule has 1 unspecified atom stereocenters. The fourth-order valence-electron chi connectivity index (χ4n) is 4.06. The lowest BCUT2D eigenvalue weighted by molar-refractivity contribution is -0.132. The highest BCUT2D eigenvalue weighted by molar-refractivity contribution is 6.11. The molecular formula is C27H32F2N4O5. The number of hydrogen-bond acceptors (Lipinski definition) is 7. The number of carbonyl (C=O) groups is 3. The largest absolute Gasteiger partial charge is 0.503 e. The molecule has 2 aliphatic rings. The van der Waals surface area contributed by atoms with Crippen LogP contribution in [0.2, 0.25) is 0 Å². The lowest BCUT2D eigenvalue weighted by Gasteiger charge is -2.29. The monoisotopic (exact) mass is 530 g/mol. The van der Waals surface area contributed by atoms with Crippen molar-refractivity contribution in [3.05, 3.63) is 82.6 Å². The minimum atomic E-state index is -1.14. The molecule has 0 aromatic heterocycles. The van der Waals surface area contributed by atoms with Crippen LogP contribution in [0.5, 0.6) is 0 Å². The molecule has 2 amide bonds. The van der Waals surface area contributed by atoms with Crippen molar-refractivity contribution in [2.75, 3.05) is 46.4 Å². The van der Waals surface area contributed by atoms with Crippen LogP contribution in [0.4, 0.5) is 8.78 Å². The van der Waals surface area contributed by atoms with E-state index in [9.17, 15) is 28.3 Å². The SMILES string of the molecule is CNCc1ccc(F)cc1.O=CC1C(C(=O)NCc2ccc(F)cc2)=C(O)C(=O)N1CCN1CCOCC1. The summed E-state index contributed by atoms with van der Waals surface area (Å²) >= 11 is 0. The van der Waals surface area contributed by atoms with Gasteiger partial charge in [0.15, 0.2) is 5.76 Å². The zero-order valence-electron chi connectivity index (χ0n) is 21.2. The van der Waals surface area contributed by atoms with Crippen molar-refractivity contribution in [2.45, 2.75) is 19.1 Å². The Labute approximate surface area is 220 Å². The van der Waals surface area contributed by atoms with Crippen LogP contribution in [0, 0.1) is 11.6 Å². The molecule has 0 saturated carbocycles. The van der Waals surface area contributed by atoms with Gasteiger partial charge in [0.2, 0.25) is 0 Å². The fraction of sp³-hybridized carbons (Fsp3) is 0.370. The summed E-state index contributed by atoms with van der Waals surface area (Å²) < 4.78 is 30.5. The van der Waals surface area contributed by atoms with E-state index in [1.807, 2.05) is 7.05 Å². The van der Waals surface area contributed by atoms with E-state index in [0.29, 0.717) is 31.6 Å². The van der Waals surface area contributed by atoms with Crippen molar-refractivity contribution in [1.82, 2.24) is 20.4 Å². The molecule has 9 nitrogen and oxygen atoms in total. The first-order chi connectivity index (χ1) is 18.3. The van der Waals surface area contributed by atoms with E-state index in [1.165, 1.54) is 41.3 Å². The molecule has 2 heterocycles. The highest BCUT2D eigenvalue weighted by Gasteiger charge is 2.42. The van der Waals surface area contributed by atoms with Gasteiger partial charge in [0.25, 0.3) is 11.8 Å². The third-order valence-corrected chi connectivity index (χ3v) is 6.14. The standard InChI is InChI=1S/C19H22FN3O5.C8H10FN/c20-14-3-1-13(2-4-14)11-21-18(26)16-15(12-24)23(19(27)17(16)25)6-5-22-7-9-28-10-8-22;1-10-6-7-2-4-8(9)5-3-7/h1-4,12,15,25H,5-11H2,(H,21,26);2-5,10H,6H2,1H3. The molecule has 1 atom stereocenters. The number of hydrogen-bond donors (Lipinski definition) is 3. The van der Waals surface area contributed by atoms with Crippen molar-refractivity contribution in [3.8, 4) is 0 Å². The van der Waals surface area contributed by atoms with Crippen LogP contribution in [-0.4, -0.2) is 85.5 Å². The van der Waals surface area contributed by atoms with Gasteiger partial charge >= 0.3 is 0 Å². The Bertz CT molecular complexity index is 1120. The first kappa shape index (κ1) is 28.9. The van der Waals surface area contributed by atoms with Crippen LogP contribution in [0.3, 0.4) is 0 Å². The van der Waals surface area contributed by atoms with Crippen molar-refractivity contribution in [1.29, 1.82) is 0 Å². The Kier molecular flexibility index (Phi) is 10.9. The summed E-state index contributed by atoms with van der Waals surface area (Å²) in [5.41, 5.74) is 1.49. The van der Waals surface area contributed by atoms with Crippen molar-refractivity contribution < 1.29 is 33.0 Å². The van der Waals surface area contributed by atoms with Crippen molar-refractivity contribution in [2.24, 2.45) is 0 Å². The fourth-order valence-corrected chi connectivity index (χ4v) is 4.06. The predicted octanol–water partition coefficient (Wildman–Crippen LogP) is 1.54. The van der Waals surface area contributed by atoms with Crippen molar-refractivity contribution >= 4 is 18.1 Å². The van der Waals surface area contributed by atoms with Gasteiger partial charge in [0, 0.05) is 39.3 Å². The number of ether oxygens (including phenoxy) is 1. The minimum absolute atomic E-state index is 0.0729. The number of nitrogens with zero attached hydrogens (tertiary/aromatic N) is 2. The van der Waals surface area contributed by atoms with Gasteiger partial charge in [-0.05, 0) is 42.4 Å². The van der Waals surface area contributed by atoms with Gasteiger partial charge in [-0.3, -0.25) is 14.5 Å². The summed E-state index contributed by atoms with van der Waals surface area (Å²) in [5.74, 6) is -2.73.